The average molecular weight is 379 g/mol. The van der Waals surface area contributed by atoms with Crippen molar-refractivity contribution in [1.82, 2.24) is 10.3 Å². The minimum atomic E-state index is -0.263. The lowest BCUT2D eigenvalue weighted by Crippen LogP contribution is -2.37. The van der Waals surface area contributed by atoms with Crippen molar-refractivity contribution in [3.05, 3.63) is 47.7 Å². The van der Waals surface area contributed by atoms with Crippen LogP contribution in [0.15, 0.2) is 36.5 Å². The molecule has 8 heteroatoms. The van der Waals surface area contributed by atoms with Gasteiger partial charge in [-0.3, -0.25) is 14.4 Å². The summed E-state index contributed by atoms with van der Waals surface area (Å²) in [6.07, 6.45) is 2.98. The van der Waals surface area contributed by atoms with Gasteiger partial charge in [-0.25, -0.2) is 4.98 Å². The molecule has 144 valence electrons. The Bertz CT molecular complexity index is 941. The molecule has 3 heterocycles. The molecule has 2 aliphatic rings. The molecule has 2 N–H and O–H groups in total. The topological polar surface area (TPSA) is 94.6 Å². The van der Waals surface area contributed by atoms with Crippen LogP contribution >= 0.6 is 0 Å². The minimum absolute atomic E-state index is 0.0802. The van der Waals surface area contributed by atoms with Crippen molar-refractivity contribution in [1.29, 1.82) is 0 Å². The molecule has 1 fully saturated rings. The number of fused-ring (bicyclic) bond motifs is 1. The highest BCUT2D eigenvalue weighted by molar-refractivity contribution is 6.03. The van der Waals surface area contributed by atoms with E-state index >= 15 is 0 Å². The largest absolute Gasteiger partial charge is 0.359 e. The van der Waals surface area contributed by atoms with Crippen molar-refractivity contribution < 1.29 is 14.4 Å². The van der Waals surface area contributed by atoms with Crippen molar-refractivity contribution in [2.24, 2.45) is 0 Å². The van der Waals surface area contributed by atoms with E-state index in [4.69, 9.17) is 0 Å². The van der Waals surface area contributed by atoms with Crippen LogP contribution < -0.4 is 20.4 Å². The number of hydrogen-bond donors (Lipinski definition) is 2. The van der Waals surface area contributed by atoms with E-state index in [2.05, 4.69) is 15.6 Å². The van der Waals surface area contributed by atoms with E-state index in [0.717, 1.165) is 24.2 Å². The van der Waals surface area contributed by atoms with Crippen LogP contribution in [0.2, 0.25) is 0 Å². The van der Waals surface area contributed by atoms with Gasteiger partial charge in [0, 0.05) is 38.4 Å². The molecule has 1 saturated heterocycles. The number of aromatic nitrogens is 1. The van der Waals surface area contributed by atoms with Gasteiger partial charge in [0.25, 0.3) is 5.91 Å². The molecular weight excluding hydrogens is 358 g/mol. The number of carbonyl (C=O) groups excluding carboxylic acids is 3. The maximum atomic E-state index is 12.5. The third-order valence-corrected chi connectivity index (χ3v) is 5.05. The predicted octanol–water partition coefficient (Wildman–Crippen LogP) is 1.53. The molecule has 2 aromatic rings. The van der Waals surface area contributed by atoms with Crippen LogP contribution in [0.4, 0.5) is 17.2 Å². The SMILES string of the molecule is CN1C(=O)CNc2ncc(C(=O)NCc3ccc(N4CCCC4=O)cc3)cc21. The number of likely N-dealkylation sites (N-methyl/N-ethyl adjacent to an activating group) is 1. The maximum Gasteiger partial charge on any atom is 0.253 e. The van der Waals surface area contributed by atoms with Gasteiger partial charge in [-0.2, -0.15) is 0 Å². The van der Waals surface area contributed by atoms with Gasteiger partial charge >= 0.3 is 0 Å². The van der Waals surface area contributed by atoms with Crippen LogP contribution in [0.5, 0.6) is 0 Å². The Morgan fingerprint density at radius 1 is 1.21 bits per heavy atom. The number of benzene rings is 1. The minimum Gasteiger partial charge on any atom is -0.359 e. The molecule has 0 atom stereocenters. The van der Waals surface area contributed by atoms with E-state index in [-0.39, 0.29) is 24.3 Å². The van der Waals surface area contributed by atoms with Crippen molar-refractivity contribution in [2.45, 2.75) is 19.4 Å². The van der Waals surface area contributed by atoms with Crippen LogP contribution in [0, 0.1) is 0 Å². The molecule has 2 aliphatic heterocycles. The van der Waals surface area contributed by atoms with Gasteiger partial charge in [-0.05, 0) is 30.2 Å². The number of pyridine rings is 1. The number of amides is 3. The Hall–Kier alpha value is -3.42. The van der Waals surface area contributed by atoms with Gasteiger partial charge in [0.1, 0.15) is 5.82 Å². The van der Waals surface area contributed by atoms with Gasteiger partial charge in [-0.1, -0.05) is 12.1 Å². The Morgan fingerprint density at radius 2 is 2.00 bits per heavy atom. The zero-order valence-electron chi connectivity index (χ0n) is 15.6. The Morgan fingerprint density at radius 3 is 2.71 bits per heavy atom. The quantitative estimate of drug-likeness (QED) is 0.840. The first-order valence-electron chi connectivity index (χ1n) is 9.21. The second-order valence-electron chi connectivity index (χ2n) is 6.90. The zero-order chi connectivity index (χ0) is 19.7. The Kier molecular flexibility index (Phi) is 4.68. The molecule has 0 bridgehead atoms. The second-order valence-corrected chi connectivity index (χ2v) is 6.90. The first-order chi connectivity index (χ1) is 13.5. The molecule has 1 aromatic carbocycles. The molecule has 4 rings (SSSR count). The standard InChI is InChI=1S/C20H21N5O3/c1-24-16-9-14(11-21-19(16)22-12-18(24)27)20(28)23-10-13-4-6-15(7-5-13)25-8-2-3-17(25)26/h4-7,9,11H,2-3,8,10,12H2,1H3,(H,21,22)(H,23,28). The fraction of sp³-hybridized carbons (Fsp3) is 0.300. The number of nitrogens with zero attached hydrogens (tertiary/aromatic N) is 3. The van der Waals surface area contributed by atoms with Crippen LogP contribution in [-0.4, -0.2) is 42.8 Å². The van der Waals surface area contributed by atoms with E-state index in [9.17, 15) is 14.4 Å². The molecule has 0 aliphatic carbocycles. The van der Waals surface area contributed by atoms with Gasteiger partial charge in [0.05, 0.1) is 17.8 Å². The molecular formula is C20H21N5O3. The van der Waals surface area contributed by atoms with Crippen LogP contribution in [0.25, 0.3) is 0 Å². The Balaban J connectivity index is 1.41. The van der Waals surface area contributed by atoms with Gasteiger partial charge < -0.3 is 20.4 Å². The summed E-state index contributed by atoms with van der Waals surface area (Å²) in [7, 11) is 1.66. The highest BCUT2D eigenvalue weighted by atomic mass is 16.2. The number of hydrogen-bond acceptors (Lipinski definition) is 5. The van der Waals surface area contributed by atoms with Crippen molar-refractivity contribution in [2.75, 3.05) is 35.3 Å². The summed E-state index contributed by atoms with van der Waals surface area (Å²) < 4.78 is 0. The highest BCUT2D eigenvalue weighted by Gasteiger charge is 2.23. The van der Waals surface area contributed by atoms with Gasteiger partial charge in [0.2, 0.25) is 11.8 Å². The molecule has 3 amide bonds. The van der Waals surface area contributed by atoms with Crippen molar-refractivity contribution in [3.8, 4) is 0 Å². The summed E-state index contributed by atoms with van der Waals surface area (Å²) >= 11 is 0. The van der Waals surface area contributed by atoms with E-state index in [1.54, 1.807) is 18.0 Å². The summed E-state index contributed by atoms with van der Waals surface area (Å²) in [6.45, 7) is 1.31. The van der Waals surface area contributed by atoms with Gasteiger partial charge in [0.15, 0.2) is 0 Å². The molecule has 0 unspecified atom stereocenters. The van der Waals surface area contributed by atoms with E-state index in [0.29, 0.717) is 30.0 Å². The highest BCUT2D eigenvalue weighted by Crippen LogP contribution is 2.27. The first-order valence-corrected chi connectivity index (χ1v) is 9.21. The molecule has 8 nitrogen and oxygen atoms in total. The second kappa shape index (κ2) is 7.30. The summed E-state index contributed by atoms with van der Waals surface area (Å²) in [5.41, 5.74) is 2.80. The molecule has 1 aromatic heterocycles. The summed E-state index contributed by atoms with van der Waals surface area (Å²) in [6, 6.07) is 9.27. The number of nitrogens with one attached hydrogen (secondary N) is 2. The molecule has 0 radical (unpaired) electrons. The summed E-state index contributed by atoms with van der Waals surface area (Å²) in [5.74, 6) is 0.397. The normalized spacial score (nSPS) is 16.0. The van der Waals surface area contributed by atoms with Crippen LogP contribution in [-0.2, 0) is 16.1 Å². The molecule has 28 heavy (non-hydrogen) atoms. The lowest BCUT2D eigenvalue weighted by Gasteiger charge is -2.26. The van der Waals surface area contributed by atoms with Crippen molar-refractivity contribution in [3.63, 3.8) is 0 Å². The van der Waals surface area contributed by atoms with E-state index in [1.807, 2.05) is 24.3 Å². The van der Waals surface area contributed by atoms with Gasteiger partial charge in [-0.15, -0.1) is 0 Å². The Labute approximate surface area is 162 Å². The fourth-order valence-corrected chi connectivity index (χ4v) is 3.38. The smallest absolute Gasteiger partial charge is 0.253 e. The summed E-state index contributed by atoms with van der Waals surface area (Å²) in [4.78, 5) is 43.6. The third-order valence-electron chi connectivity index (χ3n) is 5.05. The van der Waals surface area contributed by atoms with Crippen LogP contribution in [0.1, 0.15) is 28.8 Å². The fourth-order valence-electron chi connectivity index (χ4n) is 3.38. The van der Waals surface area contributed by atoms with E-state index in [1.165, 1.54) is 11.1 Å². The molecule has 0 spiro atoms. The van der Waals surface area contributed by atoms with E-state index < -0.39 is 0 Å². The lowest BCUT2D eigenvalue weighted by molar-refractivity contribution is -0.117. The lowest BCUT2D eigenvalue weighted by atomic mass is 10.1. The predicted molar refractivity (Wildman–Crippen MR) is 105 cm³/mol. The monoisotopic (exact) mass is 379 g/mol. The third kappa shape index (κ3) is 3.40. The first kappa shape index (κ1) is 18.0. The average Bonchev–Trinajstić information content (AvgIpc) is 3.15. The number of anilines is 3. The number of carbonyl (C=O) groups is 3. The maximum absolute atomic E-state index is 12.5. The van der Waals surface area contributed by atoms with Crippen molar-refractivity contribution >= 4 is 34.9 Å². The molecule has 0 saturated carbocycles. The summed E-state index contributed by atoms with van der Waals surface area (Å²) in [5, 5.41) is 5.80. The zero-order valence-corrected chi connectivity index (χ0v) is 15.6. The number of rotatable bonds is 4. The van der Waals surface area contributed by atoms with Crippen LogP contribution in [0.3, 0.4) is 0 Å².